The molecule has 0 atom stereocenters. The van der Waals surface area contributed by atoms with Gasteiger partial charge in [0, 0.05) is 49.4 Å². The van der Waals surface area contributed by atoms with Gasteiger partial charge in [0.2, 0.25) is 11.8 Å². The average molecular weight is 434 g/mol. The smallest absolute Gasteiger partial charge is 0.222 e. The van der Waals surface area contributed by atoms with Gasteiger partial charge in [-0.1, -0.05) is 30.3 Å². The Hall–Kier alpha value is -3.22. The molecule has 1 aliphatic heterocycles. The maximum atomic E-state index is 12.4. The Bertz CT molecular complexity index is 1140. The lowest BCUT2D eigenvalue weighted by molar-refractivity contribution is -0.127. The number of nitrogens with zero attached hydrogens (tertiary/aromatic N) is 4. The molecule has 2 amide bonds. The van der Waals surface area contributed by atoms with Gasteiger partial charge in [0.1, 0.15) is 0 Å². The highest BCUT2D eigenvalue weighted by Gasteiger charge is 2.20. The minimum Gasteiger partial charge on any atom is -0.356 e. The van der Waals surface area contributed by atoms with Crippen molar-refractivity contribution in [3.63, 3.8) is 0 Å². The number of hydrogen-bond donors (Lipinski definition) is 1. The molecule has 0 bridgehead atoms. The second-order valence-electron chi connectivity index (χ2n) is 8.51. The van der Waals surface area contributed by atoms with Gasteiger partial charge in [-0.2, -0.15) is 5.10 Å². The van der Waals surface area contributed by atoms with E-state index in [1.807, 2.05) is 48.4 Å². The Kier molecular flexibility index (Phi) is 6.53. The molecule has 1 fully saturated rings. The van der Waals surface area contributed by atoms with Crippen LogP contribution in [0.2, 0.25) is 0 Å². The van der Waals surface area contributed by atoms with Crippen molar-refractivity contribution in [2.75, 3.05) is 19.6 Å². The summed E-state index contributed by atoms with van der Waals surface area (Å²) >= 11 is 0. The second-order valence-corrected chi connectivity index (χ2v) is 8.51. The molecule has 168 valence electrons. The first-order valence-electron chi connectivity index (χ1n) is 11.4. The van der Waals surface area contributed by atoms with E-state index in [1.165, 1.54) is 0 Å². The van der Waals surface area contributed by atoms with E-state index in [4.69, 9.17) is 10.1 Å². The van der Waals surface area contributed by atoms with Crippen LogP contribution in [-0.2, 0) is 16.0 Å². The summed E-state index contributed by atoms with van der Waals surface area (Å²) in [5.74, 6) is 0.257. The van der Waals surface area contributed by atoms with Crippen LogP contribution in [0.3, 0.4) is 0 Å². The van der Waals surface area contributed by atoms with Crippen LogP contribution in [-0.4, -0.2) is 50.9 Å². The number of aromatic nitrogens is 3. The number of aryl methyl sites for hydroxylation is 3. The summed E-state index contributed by atoms with van der Waals surface area (Å²) in [4.78, 5) is 30.8. The normalized spacial score (nSPS) is 13.8. The van der Waals surface area contributed by atoms with Crippen molar-refractivity contribution in [2.24, 2.45) is 0 Å². The van der Waals surface area contributed by atoms with Crippen LogP contribution in [0.4, 0.5) is 0 Å². The average Bonchev–Trinajstić information content (AvgIpc) is 3.34. The van der Waals surface area contributed by atoms with Crippen molar-refractivity contribution in [3.8, 4) is 11.1 Å². The maximum Gasteiger partial charge on any atom is 0.222 e. The molecule has 2 aromatic heterocycles. The van der Waals surface area contributed by atoms with Crippen LogP contribution in [0.15, 0.2) is 30.3 Å². The number of amides is 2. The molecule has 7 heteroatoms. The van der Waals surface area contributed by atoms with Crippen LogP contribution < -0.4 is 5.32 Å². The van der Waals surface area contributed by atoms with E-state index in [0.29, 0.717) is 25.8 Å². The van der Waals surface area contributed by atoms with Crippen molar-refractivity contribution in [1.82, 2.24) is 24.8 Å². The fourth-order valence-electron chi connectivity index (χ4n) is 4.54. The van der Waals surface area contributed by atoms with Crippen molar-refractivity contribution in [1.29, 1.82) is 0 Å². The molecule has 3 heterocycles. The molecule has 0 radical (unpaired) electrons. The predicted molar refractivity (Wildman–Crippen MR) is 124 cm³/mol. The molecule has 1 saturated heterocycles. The lowest BCUT2D eigenvalue weighted by atomic mass is 10.0. The van der Waals surface area contributed by atoms with Gasteiger partial charge in [-0.05, 0) is 51.2 Å². The molecule has 7 nitrogen and oxygen atoms in total. The van der Waals surface area contributed by atoms with Gasteiger partial charge in [-0.15, -0.1) is 0 Å². The van der Waals surface area contributed by atoms with E-state index in [2.05, 4.69) is 17.4 Å². The van der Waals surface area contributed by atoms with Crippen LogP contribution in [0.1, 0.15) is 48.3 Å². The molecule has 32 heavy (non-hydrogen) atoms. The number of rotatable bonds is 8. The Morgan fingerprint density at radius 1 is 1.12 bits per heavy atom. The number of hydrogen-bond acceptors (Lipinski definition) is 4. The fourth-order valence-corrected chi connectivity index (χ4v) is 4.54. The molecular formula is C25H31N5O2. The second kappa shape index (κ2) is 9.51. The largest absolute Gasteiger partial charge is 0.356 e. The Balaban J connectivity index is 1.40. The van der Waals surface area contributed by atoms with Crippen molar-refractivity contribution < 1.29 is 9.59 Å². The number of benzene rings is 1. The van der Waals surface area contributed by atoms with E-state index < -0.39 is 0 Å². The van der Waals surface area contributed by atoms with Gasteiger partial charge >= 0.3 is 0 Å². The standard InChI is InChI=1S/C25H31N5O2/c1-17-21(12-13-22(31)26-14-8-16-29-15-7-11-23(29)32)19(3)30-25(27-17)24(18(2)28-30)20-9-5-4-6-10-20/h4-6,9-10H,7-8,11-16H2,1-3H3,(H,26,31). The molecule has 1 aromatic carbocycles. The van der Waals surface area contributed by atoms with Gasteiger partial charge in [-0.3, -0.25) is 9.59 Å². The molecule has 0 aliphatic carbocycles. The van der Waals surface area contributed by atoms with Gasteiger partial charge in [0.25, 0.3) is 0 Å². The summed E-state index contributed by atoms with van der Waals surface area (Å²) in [5.41, 5.74) is 6.99. The van der Waals surface area contributed by atoms with Crippen molar-refractivity contribution in [2.45, 2.75) is 52.9 Å². The molecular weight excluding hydrogens is 402 g/mol. The first-order chi connectivity index (χ1) is 15.5. The van der Waals surface area contributed by atoms with Gasteiger partial charge < -0.3 is 10.2 Å². The van der Waals surface area contributed by atoms with Crippen molar-refractivity contribution >= 4 is 17.5 Å². The summed E-state index contributed by atoms with van der Waals surface area (Å²) in [7, 11) is 0. The highest BCUT2D eigenvalue weighted by atomic mass is 16.2. The van der Waals surface area contributed by atoms with E-state index in [0.717, 1.165) is 65.4 Å². The summed E-state index contributed by atoms with van der Waals surface area (Å²) in [6.45, 7) is 8.22. The number of carbonyl (C=O) groups excluding carboxylic acids is 2. The lowest BCUT2D eigenvalue weighted by Crippen LogP contribution is -2.30. The van der Waals surface area contributed by atoms with Crippen LogP contribution >= 0.6 is 0 Å². The summed E-state index contributed by atoms with van der Waals surface area (Å²) in [6.07, 6.45) is 3.43. The highest BCUT2D eigenvalue weighted by Crippen LogP contribution is 2.29. The molecule has 3 aromatic rings. The van der Waals surface area contributed by atoms with E-state index in [9.17, 15) is 9.59 Å². The lowest BCUT2D eigenvalue weighted by Gasteiger charge is -2.15. The zero-order valence-corrected chi connectivity index (χ0v) is 19.1. The zero-order valence-electron chi connectivity index (χ0n) is 19.1. The van der Waals surface area contributed by atoms with Crippen molar-refractivity contribution in [3.05, 3.63) is 53.0 Å². The van der Waals surface area contributed by atoms with Crippen LogP contribution in [0, 0.1) is 20.8 Å². The monoisotopic (exact) mass is 433 g/mol. The summed E-state index contributed by atoms with van der Waals surface area (Å²) in [6, 6.07) is 10.2. The number of carbonyl (C=O) groups is 2. The minimum atomic E-state index is 0.0262. The zero-order chi connectivity index (χ0) is 22.7. The molecule has 1 N–H and O–H groups in total. The third-order valence-electron chi connectivity index (χ3n) is 6.26. The highest BCUT2D eigenvalue weighted by molar-refractivity contribution is 5.80. The quantitative estimate of drug-likeness (QED) is 0.553. The fraction of sp³-hybridized carbons (Fsp3) is 0.440. The molecule has 1 aliphatic rings. The van der Waals surface area contributed by atoms with Gasteiger partial charge in [0.05, 0.1) is 5.69 Å². The summed E-state index contributed by atoms with van der Waals surface area (Å²) < 4.78 is 1.91. The SMILES string of the molecule is Cc1nc2c(-c3ccccc3)c(C)nn2c(C)c1CCC(=O)NCCCN1CCCC1=O. The first kappa shape index (κ1) is 22.0. The first-order valence-corrected chi connectivity index (χ1v) is 11.4. The summed E-state index contributed by atoms with van der Waals surface area (Å²) in [5, 5.41) is 7.73. The number of nitrogens with one attached hydrogen (secondary N) is 1. The predicted octanol–water partition coefficient (Wildman–Crippen LogP) is 3.38. The van der Waals surface area contributed by atoms with E-state index in [-0.39, 0.29) is 11.8 Å². The third kappa shape index (κ3) is 4.52. The third-order valence-corrected chi connectivity index (χ3v) is 6.26. The van der Waals surface area contributed by atoms with E-state index >= 15 is 0 Å². The minimum absolute atomic E-state index is 0.0262. The molecule has 0 spiro atoms. The number of fused-ring (bicyclic) bond motifs is 1. The Morgan fingerprint density at radius 2 is 1.91 bits per heavy atom. The van der Waals surface area contributed by atoms with Crippen LogP contribution in [0.5, 0.6) is 0 Å². The maximum absolute atomic E-state index is 12.4. The Labute approximate surface area is 188 Å². The van der Waals surface area contributed by atoms with Gasteiger partial charge in [0.15, 0.2) is 5.65 Å². The van der Waals surface area contributed by atoms with Gasteiger partial charge in [-0.25, -0.2) is 9.50 Å². The molecule has 0 saturated carbocycles. The number of likely N-dealkylation sites (tertiary alicyclic amines) is 1. The molecule has 4 rings (SSSR count). The Morgan fingerprint density at radius 3 is 2.62 bits per heavy atom. The van der Waals surface area contributed by atoms with E-state index in [1.54, 1.807) is 0 Å². The molecule has 0 unspecified atom stereocenters. The van der Waals surface area contributed by atoms with Crippen LogP contribution in [0.25, 0.3) is 16.8 Å². The topological polar surface area (TPSA) is 79.6 Å².